The van der Waals surface area contributed by atoms with E-state index in [2.05, 4.69) is 4.98 Å². The van der Waals surface area contributed by atoms with Crippen LogP contribution in [0, 0.1) is 6.92 Å². The average Bonchev–Trinajstić information content (AvgIpc) is 2.69. The number of nitrogens with two attached hydrogens (primary N) is 1. The third-order valence-corrected chi connectivity index (χ3v) is 3.41. The van der Waals surface area contributed by atoms with E-state index in [-0.39, 0.29) is 12.4 Å². The number of hydrogen-bond acceptors (Lipinski definition) is 8. The maximum Gasteiger partial charge on any atom is 0.353 e. The van der Waals surface area contributed by atoms with E-state index in [0.29, 0.717) is 5.56 Å². The first-order valence-corrected chi connectivity index (χ1v) is 6.52. The zero-order valence-corrected chi connectivity index (χ0v) is 11.8. The number of aliphatic hydroxyl groups excluding tert-OH is 3. The van der Waals surface area contributed by atoms with E-state index < -0.39 is 36.5 Å². The van der Waals surface area contributed by atoms with Crippen molar-refractivity contribution in [3.63, 3.8) is 0 Å². The van der Waals surface area contributed by atoms with E-state index >= 15 is 0 Å². The lowest BCUT2D eigenvalue weighted by molar-refractivity contribution is -0.316. The van der Waals surface area contributed by atoms with Gasteiger partial charge in [-0.2, -0.15) is 4.98 Å². The van der Waals surface area contributed by atoms with Gasteiger partial charge >= 0.3 is 5.69 Å². The van der Waals surface area contributed by atoms with Crippen LogP contribution in [-0.4, -0.2) is 56.4 Å². The largest absolute Gasteiger partial charge is 0.394 e. The molecule has 21 heavy (non-hydrogen) atoms. The predicted molar refractivity (Wildman–Crippen MR) is 71.2 cm³/mol. The number of aromatic nitrogens is 2. The SMILES string of the molecule is CCO[C@@]1(n2cc(C)c(N)nc2=O)O[C@H](CO)[C@@H](O)[C@H]1O. The van der Waals surface area contributed by atoms with Crippen LogP contribution in [0.1, 0.15) is 12.5 Å². The van der Waals surface area contributed by atoms with Crippen molar-refractivity contribution in [1.29, 1.82) is 0 Å². The second-order valence-electron chi connectivity index (χ2n) is 4.80. The molecule has 0 bridgehead atoms. The number of hydrogen-bond donors (Lipinski definition) is 4. The summed E-state index contributed by atoms with van der Waals surface area (Å²) in [6.45, 7) is 2.82. The van der Waals surface area contributed by atoms with Crippen molar-refractivity contribution in [2.75, 3.05) is 18.9 Å². The Morgan fingerprint density at radius 3 is 2.76 bits per heavy atom. The summed E-state index contributed by atoms with van der Waals surface area (Å²) >= 11 is 0. The number of ether oxygens (including phenoxy) is 2. The van der Waals surface area contributed by atoms with E-state index in [1.165, 1.54) is 6.20 Å². The van der Waals surface area contributed by atoms with Crippen LogP contribution in [0.4, 0.5) is 5.82 Å². The van der Waals surface area contributed by atoms with Crippen molar-refractivity contribution in [3.8, 4) is 0 Å². The summed E-state index contributed by atoms with van der Waals surface area (Å²) in [5, 5.41) is 29.4. The monoisotopic (exact) mass is 301 g/mol. The number of aryl methyl sites for hydroxylation is 1. The third kappa shape index (κ3) is 2.43. The molecule has 0 radical (unpaired) electrons. The summed E-state index contributed by atoms with van der Waals surface area (Å²) in [4.78, 5) is 15.7. The number of nitrogen functional groups attached to an aromatic ring is 1. The van der Waals surface area contributed by atoms with Gasteiger partial charge in [-0.25, -0.2) is 9.36 Å². The molecule has 0 unspecified atom stereocenters. The van der Waals surface area contributed by atoms with Crippen molar-refractivity contribution in [1.82, 2.24) is 9.55 Å². The van der Waals surface area contributed by atoms with Gasteiger partial charge in [0.05, 0.1) is 6.61 Å². The third-order valence-electron chi connectivity index (χ3n) is 3.41. The molecule has 0 aliphatic carbocycles. The van der Waals surface area contributed by atoms with E-state index in [4.69, 9.17) is 15.2 Å². The first-order chi connectivity index (χ1) is 9.87. The van der Waals surface area contributed by atoms with E-state index in [9.17, 15) is 20.1 Å². The number of nitrogens with zero attached hydrogens (tertiary/aromatic N) is 2. The van der Waals surface area contributed by atoms with Crippen LogP contribution in [0.2, 0.25) is 0 Å². The molecule has 9 nitrogen and oxygen atoms in total. The van der Waals surface area contributed by atoms with Gasteiger partial charge < -0.3 is 30.5 Å². The van der Waals surface area contributed by atoms with Gasteiger partial charge in [-0.1, -0.05) is 0 Å². The van der Waals surface area contributed by atoms with Crippen molar-refractivity contribution >= 4 is 5.82 Å². The average molecular weight is 301 g/mol. The Bertz CT molecular complexity index is 577. The smallest absolute Gasteiger partial charge is 0.353 e. The van der Waals surface area contributed by atoms with Crippen molar-refractivity contribution in [2.24, 2.45) is 0 Å². The Labute approximate surface area is 120 Å². The Balaban J connectivity index is 2.59. The molecule has 1 aromatic rings. The Morgan fingerprint density at radius 1 is 1.57 bits per heavy atom. The van der Waals surface area contributed by atoms with Crippen LogP contribution in [-0.2, 0) is 15.4 Å². The first-order valence-electron chi connectivity index (χ1n) is 6.52. The predicted octanol–water partition coefficient (Wildman–Crippen LogP) is -2.11. The fraction of sp³-hybridized carbons (Fsp3) is 0.667. The molecular formula is C12H19N3O6. The van der Waals surface area contributed by atoms with Crippen molar-refractivity contribution in [2.45, 2.75) is 38.1 Å². The molecule has 0 saturated carbocycles. The van der Waals surface area contributed by atoms with E-state index in [1.54, 1.807) is 13.8 Å². The number of anilines is 1. The number of rotatable bonds is 4. The van der Waals surface area contributed by atoms with Gasteiger partial charge in [0, 0.05) is 18.4 Å². The fourth-order valence-corrected chi connectivity index (χ4v) is 2.30. The summed E-state index contributed by atoms with van der Waals surface area (Å²) in [7, 11) is 0. The molecule has 1 saturated heterocycles. The summed E-state index contributed by atoms with van der Waals surface area (Å²) in [6.07, 6.45) is -2.74. The molecule has 2 rings (SSSR count). The molecule has 9 heteroatoms. The second-order valence-corrected chi connectivity index (χ2v) is 4.80. The highest BCUT2D eigenvalue weighted by atomic mass is 16.7. The van der Waals surface area contributed by atoms with Gasteiger partial charge in [-0.3, -0.25) is 0 Å². The molecule has 1 fully saturated rings. The lowest BCUT2D eigenvalue weighted by Crippen LogP contribution is -2.52. The zero-order chi connectivity index (χ0) is 15.8. The van der Waals surface area contributed by atoms with E-state index in [0.717, 1.165) is 4.57 Å². The van der Waals surface area contributed by atoms with Crippen molar-refractivity contribution < 1.29 is 24.8 Å². The summed E-state index contributed by atoms with van der Waals surface area (Å²) in [5.41, 5.74) is 5.25. The Morgan fingerprint density at radius 2 is 2.24 bits per heavy atom. The van der Waals surface area contributed by atoms with Crippen LogP contribution < -0.4 is 11.4 Å². The first kappa shape index (κ1) is 15.9. The lowest BCUT2D eigenvalue weighted by Gasteiger charge is -2.33. The van der Waals surface area contributed by atoms with Crippen LogP contribution >= 0.6 is 0 Å². The van der Waals surface area contributed by atoms with Gasteiger partial charge in [-0.05, 0) is 13.8 Å². The molecule has 118 valence electrons. The minimum Gasteiger partial charge on any atom is -0.394 e. The maximum atomic E-state index is 12.1. The molecule has 2 heterocycles. The highest BCUT2D eigenvalue weighted by Crippen LogP contribution is 2.36. The molecule has 1 aliphatic rings. The fourth-order valence-electron chi connectivity index (χ4n) is 2.30. The maximum absolute atomic E-state index is 12.1. The molecule has 1 aromatic heterocycles. The molecule has 0 aromatic carbocycles. The molecular weight excluding hydrogens is 282 g/mol. The topological polar surface area (TPSA) is 140 Å². The second kappa shape index (κ2) is 5.70. The molecule has 4 atom stereocenters. The van der Waals surface area contributed by atoms with Gasteiger partial charge in [0.2, 0.25) is 0 Å². The summed E-state index contributed by atoms with van der Waals surface area (Å²) in [6, 6.07) is 0. The van der Waals surface area contributed by atoms with Gasteiger partial charge in [0.15, 0.2) is 6.10 Å². The molecule has 0 spiro atoms. The zero-order valence-electron chi connectivity index (χ0n) is 11.8. The van der Waals surface area contributed by atoms with Crippen LogP contribution in [0.25, 0.3) is 0 Å². The normalized spacial score (nSPS) is 32.5. The highest BCUT2D eigenvalue weighted by Gasteiger charge is 2.57. The number of aliphatic hydroxyl groups is 3. The lowest BCUT2D eigenvalue weighted by atomic mass is 10.1. The highest BCUT2D eigenvalue weighted by molar-refractivity contribution is 5.35. The Kier molecular flexibility index (Phi) is 4.30. The quantitative estimate of drug-likeness (QED) is 0.495. The molecule has 1 aliphatic heterocycles. The summed E-state index contributed by atoms with van der Waals surface area (Å²) in [5.74, 6) is -1.90. The minimum atomic E-state index is -1.95. The van der Waals surface area contributed by atoms with Gasteiger partial charge in [0.25, 0.3) is 5.91 Å². The van der Waals surface area contributed by atoms with Crippen LogP contribution in [0.15, 0.2) is 11.0 Å². The van der Waals surface area contributed by atoms with E-state index in [1.807, 2.05) is 0 Å². The molecule has 0 amide bonds. The molecule has 5 N–H and O–H groups in total. The standard InChI is InChI=1S/C12H19N3O6/c1-3-20-12(9(18)8(17)7(5-16)21-12)15-4-6(2)10(13)14-11(15)19/h4,7-9,16-18H,3,5H2,1-2H3,(H2,13,14,19)/t7-,8-,9-,12-/m1/s1. The van der Waals surface area contributed by atoms with Crippen LogP contribution in [0.3, 0.4) is 0 Å². The van der Waals surface area contributed by atoms with Gasteiger partial charge in [-0.15, -0.1) is 0 Å². The Hall–Kier alpha value is -1.52. The summed E-state index contributed by atoms with van der Waals surface area (Å²) < 4.78 is 11.8. The minimum absolute atomic E-state index is 0.0506. The van der Waals surface area contributed by atoms with Gasteiger partial charge in [0.1, 0.15) is 18.0 Å². The van der Waals surface area contributed by atoms with Crippen LogP contribution in [0.5, 0.6) is 0 Å². The van der Waals surface area contributed by atoms with Crippen molar-refractivity contribution in [3.05, 3.63) is 22.2 Å².